The molecule has 6 heteroatoms. The fraction of sp³-hybridized carbons (Fsp3) is 0.611. The molecule has 0 fully saturated rings. The van der Waals surface area contributed by atoms with Crippen molar-refractivity contribution in [3.05, 3.63) is 23.2 Å². The lowest BCUT2D eigenvalue weighted by atomic mass is 9.93. The van der Waals surface area contributed by atoms with Crippen LogP contribution >= 0.6 is 11.6 Å². The monoisotopic (exact) mass is 357 g/mol. The molecule has 1 rings (SSSR count). The van der Waals surface area contributed by atoms with Gasteiger partial charge in [-0.1, -0.05) is 25.4 Å². The van der Waals surface area contributed by atoms with E-state index in [4.69, 9.17) is 25.8 Å². The minimum Gasteiger partial charge on any atom is -0.487 e. The fourth-order valence-electron chi connectivity index (χ4n) is 2.47. The van der Waals surface area contributed by atoms with Crippen LogP contribution < -0.4 is 10.1 Å². The van der Waals surface area contributed by atoms with Gasteiger partial charge in [0, 0.05) is 19.9 Å². The van der Waals surface area contributed by atoms with E-state index >= 15 is 0 Å². The zero-order valence-electron chi connectivity index (χ0n) is 15.3. The number of hydrogen-bond donors (Lipinski definition) is 1. The van der Waals surface area contributed by atoms with Crippen molar-refractivity contribution in [2.75, 3.05) is 26.1 Å². The quantitative estimate of drug-likeness (QED) is 0.721. The van der Waals surface area contributed by atoms with Gasteiger partial charge in [0.2, 0.25) is 0 Å². The Morgan fingerprint density at radius 3 is 2.46 bits per heavy atom. The molecular weight excluding hydrogens is 330 g/mol. The van der Waals surface area contributed by atoms with Crippen LogP contribution in [-0.2, 0) is 14.3 Å². The summed E-state index contributed by atoms with van der Waals surface area (Å²) in [5.74, 6) is 0.689. The van der Waals surface area contributed by atoms with Crippen molar-refractivity contribution in [1.29, 1.82) is 0 Å². The van der Waals surface area contributed by atoms with Gasteiger partial charge >= 0.3 is 0 Å². The Morgan fingerprint density at radius 1 is 1.29 bits per heavy atom. The third kappa shape index (κ3) is 5.96. The molecule has 1 aromatic carbocycles. The molecule has 1 N–H and O–H groups in total. The molecule has 0 radical (unpaired) electrons. The number of carbonyl (C=O) groups is 1. The van der Waals surface area contributed by atoms with Gasteiger partial charge in [-0.05, 0) is 44.4 Å². The standard InChI is InChI=1S/C18H28ClNO4/c1-12(2)10-18(4,23-6)17(21)20-14-7-8-16(15(19)9-14)24-13(3)11-22-5/h7-9,12-13H,10-11H2,1-6H3,(H,20,21)/t13-,18-/m0/s1. The predicted molar refractivity (Wildman–Crippen MR) is 96.9 cm³/mol. The maximum Gasteiger partial charge on any atom is 0.256 e. The number of nitrogens with one attached hydrogen (secondary N) is 1. The first-order valence-corrected chi connectivity index (χ1v) is 8.41. The Balaban J connectivity index is 2.81. The van der Waals surface area contributed by atoms with Crippen molar-refractivity contribution in [2.24, 2.45) is 5.92 Å². The zero-order valence-corrected chi connectivity index (χ0v) is 16.1. The van der Waals surface area contributed by atoms with Crippen LogP contribution in [0.3, 0.4) is 0 Å². The summed E-state index contributed by atoms with van der Waals surface area (Å²) in [6.45, 7) is 8.25. The van der Waals surface area contributed by atoms with Crippen molar-refractivity contribution in [3.63, 3.8) is 0 Å². The predicted octanol–water partition coefficient (Wildman–Crippen LogP) is 4.14. The van der Waals surface area contributed by atoms with Crippen LogP contribution in [-0.4, -0.2) is 38.4 Å². The largest absolute Gasteiger partial charge is 0.487 e. The van der Waals surface area contributed by atoms with Gasteiger partial charge in [-0.25, -0.2) is 0 Å². The molecule has 0 aliphatic rings. The number of hydrogen-bond acceptors (Lipinski definition) is 4. The number of carbonyl (C=O) groups excluding carboxylic acids is 1. The first kappa shape index (κ1) is 20.7. The number of methoxy groups -OCH3 is 2. The average Bonchev–Trinajstić information content (AvgIpc) is 2.49. The molecule has 24 heavy (non-hydrogen) atoms. The fourth-order valence-corrected chi connectivity index (χ4v) is 2.70. The molecule has 0 unspecified atom stereocenters. The Labute approximate surface area is 149 Å². The Kier molecular flexibility index (Phi) is 8.00. The van der Waals surface area contributed by atoms with E-state index in [1.54, 1.807) is 39.3 Å². The summed E-state index contributed by atoms with van der Waals surface area (Å²) in [7, 11) is 3.16. The van der Waals surface area contributed by atoms with Crippen LogP contribution in [0.15, 0.2) is 18.2 Å². The van der Waals surface area contributed by atoms with Crippen LogP contribution in [0.4, 0.5) is 5.69 Å². The van der Waals surface area contributed by atoms with Gasteiger partial charge in [0.05, 0.1) is 11.6 Å². The van der Waals surface area contributed by atoms with E-state index in [1.807, 2.05) is 6.92 Å². The molecular formula is C18H28ClNO4. The second-order valence-corrected chi connectivity index (χ2v) is 6.92. The lowest BCUT2D eigenvalue weighted by Gasteiger charge is -2.28. The van der Waals surface area contributed by atoms with E-state index in [1.165, 1.54) is 0 Å². The topological polar surface area (TPSA) is 56.8 Å². The molecule has 0 saturated carbocycles. The van der Waals surface area contributed by atoms with Crippen molar-refractivity contribution < 1.29 is 19.0 Å². The molecule has 0 bridgehead atoms. The molecule has 0 spiro atoms. The summed E-state index contributed by atoms with van der Waals surface area (Å²) >= 11 is 6.24. The molecule has 136 valence electrons. The molecule has 2 atom stereocenters. The average molecular weight is 358 g/mol. The van der Waals surface area contributed by atoms with Gasteiger partial charge in [0.1, 0.15) is 17.5 Å². The van der Waals surface area contributed by atoms with Crippen molar-refractivity contribution >= 4 is 23.2 Å². The summed E-state index contributed by atoms with van der Waals surface area (Å²) in [6.07, 6.45) is 0.509. The number of anilines is 1. The summed E-state index contributed by atoms with van der Waals surface area (Å²) < 4.78 is 16.2. The number of ether oxygens (including phenoxy) is 3. The van der Waals surface area contributed by atoms with Gasteiger partial charge in [-0.15, -0.1) is 0 Å². The van der Waals surface area contributed by atoms with Gasteiger partial charge in [0.15, 0.2) is 0 Å². The van der Waals surface area contributed by atoms with Gasteiger partial charge < -0.3 is 19.5 Å². The maximum absolute atomic E-state index is 12.5. The molecule has 0 saturated heterocycles. The lowest BCUT2D eigenvalue weighted by Crippen LogP contribution is -2.43. The zero-order chi connectivity index (χ0) is 18.3. The number of rotatable bonds is 9. The van der Waals surface area contributed by atoms with Crippen molar-refractivity contribution in [2.45, 2.75) is 45.8 Å². The highest BCUT2D eigenvalue weighted by atomic mass is 35.5. The highest BCUT2D eigenvalue weighted by Gasteiger charge is 2.34. The van der Waals surface area contributed by atoms with E-state index in [0.29, 0.717) is 35.4 Å². The highest BCUT2D eigenvalue weighted by molar-refractivity contribution is 6.32. The number of benzene rings is 1. The molecule has 0 heterocycles. The van der Waals surface area contributed by atoms with E-state index in [2.05, 4.69) is 19.2 Å². The second kappa shape index (κ2) is 9.25. The molecule has 1 aromatic rings. The summed E-state index contributed by atoms with van der Waals surface area (Å²) in [5.41, 5.74) is -0.285. The Bertz CT molecular complexity index is 550. The van der Waals surface area contributed by atoms with Crippen LogP contribution in [0.25, 0.3) is 0 Å². The third-order valence-corrected chi connectivity index (χ3v) is 3.94. The van der Waals surface area contributed by atoms with Crippen molar-refractivity contribution in [1.82, 2.24) is 0 Å². The van der Waals surface area contributed by atoms with Gasteiger partial charge in [-0.2, -0.15) is 0 Å². The van der Waals surface area contributed by atoms with Crippen LogP contribution in [0.5, 0.6) is 5.75 Å². The summed E-state index contributed by atoms with van der Waals surface area (Å²) in [4.78, 5) is 12.5. The molecule has 5 nitrogen and oxygen atoms in total. The Hall–Kier alpha value is -1.30. The van der Waals surface area contributed by atoms with E-state index in [9.17, 15) is 4.79 Å². The SMILES string of the molecule is COC[C@H](C)Oc1ccc(NC(=O)[C@](C)(CC(C)C)OC)cc1Cl. The molecule has 1 amide bonds. The normalized spacial score (nSPS) is 15.0. The third-order valence-electron chi connectivity index (χ3n) is 3.65. The minimum absolute atomic E-state index is 0.115. The van der Waals surface area contributed by atoms with E-state index < -0.39 is 5.60 Å². The summed E-state index contributed by atoms with van der Waals surface area (Å²) in [5, 5.41) is 3.29. The van der Waals surface area contributed by atoms with Crippen LogP contribution in [0.2, 0.25) is 5.02 Å². The molecule has 0 aromatic heterocycles. The number of halogens is 1. The van der Waals surface area contributed by atoms with Crippen LogP contribution in [0.1, 0.15) is 34.1 Å². The van der Waals surface area contributed by atoms with Crippen LogP contribution in [0, 0.1) is 5.92 Å². The highest BCUT2D eigenvalue weighted by Crippen LogP contribution is 2.30. The molecule has 0 aliphatic carbocycles. The Morgan fingerprint density at radius 2 is 1.96 bits per heavy atom. The summed E-state index contributed by atoms with van der Waals surface area (Å²) in [6, 6.07) is 5.15. The second-order valence-electron chi connectivity index (χ2n) is 6.52. The van der Waals surface area contributed by atoms with E-state index in [-0.39, 0.29) is 12.0 Å². The lowest BCUT2D eigenvalue weighted by molar-refractivity contribution is -0.137. The van der Waals surface area contributed by atoms with Gasteiger partial charge in [-0.3, -0.25) is 4.79 Å². The molecule has 0 aliphatic heterocycles. The number of amides is 1. The van der Waals surface area contributed by atoms with Crippen molar-refractivity contribution in [3.8, 4) is 5.75 Å². The minimum atomic E-state index is -0.886. The first-order valence-electron chi connectivity index (χ1n) is 8.03. The smallest absolute Gasteiger partial charge is 0.256 e. The first-order chi connectivity index (χ1) is 11.2. The van der Waals surface area contributed by atoms with Gasteiger partial charge in [0.25, 0.3) is 5.91 Å². The van der Waals surface area contributed by atoms with E-state index in [0.717, 1.165) is 0 Å². The maximum atomic E-state index is 12.5.